The molecule has 4 amide bonds. The maximum atomic E-state index is 14.4. The molecule has 49 heavy (non-hydrogen) atoms. The van der Waals surface area contributed by atoms with Gasteiger partial charge in [0.1, 0.15) is 17.8 Å². The summed E-state index contributed by atoms with van der Waals surface area (Å²) in [6, 6.07) is 10.1. The van der Waals surface area contributed by atoms with Crippen molar-refractivity contribution >= 4 is 58.7 Å². The highest BCUT2D eigenvalue weighted by Gasteiger charge is 2.50. The molecule has 14 nitrogen and oxygen atoms in total. The summed E-state index contributed by atoms with van der Waals surface area (Å²) >= 11 is 0. The summed E-state index contributed by atoms with van der Waals surface area (Å²) in [7, 11) is -4.24. The third kappa shape index (κ3) is 6.46. The van der Waals surface area contributed by atoms with Crippen molar-refractivity contribution in [2.24, 2.45) is 0 Å². The molecule has 0 aliphatic carbocycles. The van der Waals surface area contributed by atoms with Crippen LogP contribution >= 0.6 is 7.60 Å². The number of halogens is 2. The van der Waals surface area contributed by atoms with E-state index < -0.39 is 42.7 Å². The molecule has 4 heterocycles. The first-order valence-electron chi connectivity index (χ1n) is 15.4. The van der Waals surface area contributed by atoms with Gasteiger partial charge in [0.05, 0.1) is 17.2 Å². The van der Waals surface area contributed by atoms with E-state index in [2.05, 4.69) is 20.5 Å². The van der Waals surface area contributed by atoms with Crippen molar-refractivity contribution in [2.45, 2.75) is 50.0 Å². The smallest absolute Gasteiger partial charge is 0.340 e. The van der Waals surface area contributed by atoms with Crippen LogP contribution < -0.4 is 10.2 Å². The van der Waals surface area contributed by atoms with Crippen LogP contribution in [-0.2, 0) is 24.6 Å². The Hall–Kier alpha value is -4.92. The van der Waals surface area contributed by atoms with E-state index in [1.165, 1.54) is 39.8 Å². The minimum Gasteiger partial charge on any atom is -0.340 e. The Morgan fingerprint density at radius 2 is 1.76 bits per heavy atom. The number of carbonyl (C=O) groups is 4. The van der Waals surface area contributed by atoms with Gasteiger partial charge in [-0.25, -0.2) is 4.98 Å². The van der Waals surface area contributed by atoms with Crippen molar-refractivity contribution in [3.63, 3.8) is 0 Å². The molecule has 2 fully saturated rings. The number of anilines is 1. The van der Waals surface area contributed by atoms with Gasteiger partial charge in [0.15, 0.2) is 0 Å². The van der Waals surface area contributed by atoms with E-state index in [1.807, 2.05) is 0 Å². The average molecular weight is 696 g/mol. The van der Waals surface area contributed by atoms with E-state index in [9.17, 15) is 32.5 Å². The van der Waals surface area contributed by atoms with Crippen LogP contribution in [0.25, 0.3) is 21.8 Å². The molecule has 2 aliphatic heterocycles. The van der Waals surface area contributed by atoms with Crippen LogP contribution in [0, 0.1) is 0 Å². The predicted octanol–water partition coefficient (Wildman–Crippen LogP) is 2.78. The van der Waals surface area contributed by atoms with Crippen molar-refractivity contribution in [3.05, 3.63) is 72.1 Å². The third-order valence-corrected chi connectivity index (χ3v) is 10.1. The van der Waals surface area contributed by atoms with E-state index in [0.717, 1.165) is 17.5 Å². The first kappa shape index (κ1) is 34.0. The second kappa shape index (κ2) is 12.8. The van der Waals surface area contributed by atoms with Crippen LogP contribution in [0.3, 0.4) is 0 Å². The van der Waals surface area contributed by atoms with Gasteiger partial charge in [-0.15, -0.1) is 0 Å². The van der Waals surface area contributed by atoms with Crippen LogP contribution in [0.2, 0.25) is 0 Å². The minimum absolute atomic E-state index is 0.137. The molecule has 2 aromatic heterocycles. The Morgan fingerprint density at radius 3 is 2.49 bits per heavy atom. The number of benzene rings is 2. The first-order valence-corrected chi connectivity index (χ1v) is 17.0. The van der Waals surface area contributed by atoms with Gasteiger partial charge in [-0.2, -0.15) is 19.0 Å². The highest BCUT2D eigenvalue weighted by molar-refractivity contribution is 7.52. The molecule has 4 aromatic rings. The Bertz CT molecular complexity index is 2040. The van der Waals surface area contributed by atoms with E-state index >= 15 is 0 Å². The number of aromatic nitrogens is 3. The molecule has 3 N–H and O–H groups in total. The molecule has 6 rings (SSSR count). The van der Waals surface area contributed by atoms with Gasteiger partial charge in [0, 0.05) is 55.1 Å². The lowest BCUT2D eigenvalue weighted by Crippen LogP contribution is -2.61. The molecule has 0 spiro atoms. The summed E-state index contributed by atoms with van der Waals surface area (Å²) in [5.41, 5.74) is -4.63. The predicted molar refractivity (Wildman–Crippen MR) is 172 cm³/mol. The van der Waals surface area contributed by atoms with Crippen LogP contribution in [0.5, 0.6) is 0 Å². The number of nitrogens with one attached hydrogen (secondary N) is 1. The number of hydrogen-bond donors (Lipinski definition) is 3. The van der Waals surface area contributed by atoms with Gasteiger partial charge in [0.2, 0.25) is 17.7 Å². The lowest BCUT2D eigenvalue weighted by Gasteiger charge is -2.39. The van der Waals surface area contributed by atoms with E-state index in [4.69, 9.17) is 9.79 Å². The number of likely N-dealkylation sites (N-methyl/N-ethyl adjacent to an activating group) is 1. The van der Waals surface area contributed by atoms with Gasteiger partial charge in [0.25, 0.3) is 5.91 Å². The number of hydrogen-bond acceptors (Lipinski definition) is 8. The fourth-order valence-electron chi connectivity index (χ4n) is 6.38. The van der Waals surface area contributed by atoms with Crippen LogP contribution in [0.1, 0.15) is 42.2 Å². The molecular weight excluding hydrogens is 663 g/mol. The van der Waals surface area contributed by atoms with E-state index in [-0.39, 0.29) is 42.2 Å². The Morgan fingerprint density at radius 1 is 1.00 bits per heavy atom. The highest BCUT2D eigenvalue weighted by Crippen LogP contribution is 2.59. The van der Waals surface area contributed by atoms with Crippen LogP contribution in [-0.4, -0.2) is 96.7 Å². The largest absolute Gasteiger partial charge is 0.399 e. The zero-order chi connectivity index (χ0) is 35.2. The highest BCUT2D eigenvalue weighted by atomic mass is 31.2. The molecule has 2 saturated heterocycles. The van der Waals surface area contributed by atoms with Crippen molar-refractivity contribution in [1.82, 2.24) is 30.3 Å². The van der Waals surface area contributed by atoms with Crippen molar-refractivity contribution in [2.75, 3.05) is 25.0 Å². The molecule has 2 aromatic carbocycles. The summed E-state index contributed by atoms with van der Waals surface area (Å²) < 4.78 is 40.2. The van der Waals surface area contributed by atoms with Crippen molar-refractivity contribution in [3.8, 4) is 0 Å². The Kier molecular flexibility index (Phi) is 8.90. The molecule has 3 atom stereocenters. The summed E-state index contributed by atoms with van der Waals surface area (Å²) in [4.78, 5) is 81.0. The minimum atomic E-state index is -5.85. The van der Waals surface area contributed by atoms with E-state index in [0.29, 0.717) is 35.9 Å². The number of amides is 4. The van der Waals surface area contributed by atoms with Gasteiger partial charge in [-0.3, -0.25) is 23.7 Å². The van der Waals surface area contributed by atoms with Crippen molar-refractivity contribution < 1.29 is 42.3 Å². The summed E-state index contributed by atoms with van der Waals surface area (Å²) in [5.74, 6) is -2.06. The third-order valence-electron chi connectivity index (χ3n) is 9.08. The number of alkyl halides is 2. The zero-order valence-electron chi connectivity index (χ0n) is 26.4. The zero-order valence-corrected chi connectivity index (χ0v) is 27.3. The average Bonchev–Trinajstić information content (AvgIpc) is 3.49. The fraction of sp³-hybridized carbons (Fsp3) is 0.344. The lowest BCUT2D eigenvalue weighted by molar-refractivity contribution is -0.144. The normalized spacial score (nSPS) is 20.1. The summed E-state index contributed by atoms with van der Waals surface area (Å²) in [6.07, 6.45) is 2.85. The Balaban J connectivity index is 1.27. The number of rotatable bonds is 6. The van der Waals surface area contributed by atoms with Crippen molar-refractivity contribution in [1.29, 1.82) is 0 Å². The molecular formula is C32H32F2N7O7P. The maximum absolute atomic E-state index is 14.4. The fourth-order valence-corrected chi connectivity index (χ4v) is 6.85. The molecule has 256 valence electrons. The van der Waals surface area contributed by atoms with Gasteiger partial charge < -0.3 is 29.8 Å². The number of nitrogens with zero attached hydrogens (tertiary/aromatic N) is 6. The molecule has 0 radical (unpaired) electrons. The SMILES string of the molecule is CC(=O)N1CC[C@H]2CC[C@@H](C(=O)N(C)c3ccc4nnccc4c3)N2C(=O)[C@@H](NC(=O)c2ccc3ccc(C(F)(F)P(=O)(O)O)cc3n2)C1. The van der Waals surface area contributed by atoms with Crippen LogP contribution in [0.4, 0.5) is 14.5 Å². The lowest BCUT2D eigenvalue weighted by atomic mass is 10.1. The van der Waals surface area contributed by atoms with Crippen LogP contribution in [0.15, 0.2) is 60.8 Å². The second-order valence-corrected chi connectivity index (χ2v) is 13.8. The quantitative estimate of drug-likeness (QED) is 0.253. The monoisotopic (exact) mass is 695 g/mol. The number of carbonyl (C=O) groups excluding carboxylic acids is 4. The van der Waals surface area contributed by atoms with Gasteiger partial charge in [-0.1, -0.05) is 18.2 Å². The van der Waals surface area contributed by atoms with E-state index in [1.54, 1.807) is 37.5 Å². The number of fused-ring (bicyclic) bond motifs is 3. The molecule has 0 unspecified atom stereocenters. The number of pyridine rings is 1. The molecule has 0 saturated carbocycles. The van der Waals surface area contributed by atoms with Gasteiger partial charge >= 0.3 is 13.3 Å². The molecule has 17 heteroatoms. The molecule has 0 bridgehead atoms. The standard InChI is InChI=1S/C32H32F2N7O7P/c1-18(42)40-14-12-22-7-10-28(31(45)39(2)23-6-9-24-20(15-23)11-13-35-38-24)41(22)30(44)27(17-40)37-29(43)25-8-4-19-3-5-21(16-26(19)36-25)32(33,34)49(46,47)48/h3-6,8-9,11,13,15-16,22,27-28H,7,10,12,14,17H2,1-2H3,(H,37,43)(H2,46,47,48)/t22-,27+,28+/m1/s1. The topological polar surface area (TPSA) is 186 Å². The van der Waals surface area contributed by atoms with Gasteiger partial charge in [-0.05, 0) is 55.7 Å². The second-order valence-electron chi connectivity index (χ2n) is 12.1. The summed E-state index contributed by atoms with van der Waals surface area (Å²) in [6.45, 7) is 1.45. The Labute approximate surface area is 278 Å². The maximum Gasteiger partial charge on any atom is 0.399 e. The summed E-state index contributed by atoms with van der Waals surface area (Å²) in [5, 5.41) is 11.7. The molecule has 2 aliphatic rings. The first-order chi connectivity index (χ1) is 23.2.